The third-order valence-electron chi connectivity index (χ3n) is 2.82. The van der Waals surface area contributed by atoms with Gasteiger partial charge in [-0.3, -0.25) is 4.79 Å². The summed E-state index contributed by atoms with van der Waals surface area (Å²) in [5, 5.41) is 9.20. The summed E-state index contributed by atoms with van der Waals surface area (Å²) < 4.78 is 10.3. The summed E-state index contributed by atoms with van der Waals surface area (Å²) in [4.78, 5) is 11.2. The highest BCUT2D eigenvalue weighted by Crippen LogP contribution is 2.33. The molecule has 1 heterocycles. The summed E-state index contributed by atoms with van der Waals surface area (Å²) >= 11 is 0. The van der Waals surface area contributed by atoms with E-state index in [1.807, 2.05) is 6.92 Å². The van der Waals surface area contributed by atoms with Crippen molar-refractivity contribution < 1.29 is 19.4 Å². The zero-order valence-corrected chi connectivity index (χ0v) is 9.10. The number of ether oxygens (including phenoxy) is 2. The molecule has 0 aromatic heterocycles. The van der Waals surface area contributed by atoms with Crippen LogP contribution in [0.4, 0.5) is 0 Å². The van der Waals surface area contributed by atoms with E-state index in [1.165, 1.54) is 0 Å². The Labute approximate surface area is 93.8 Å². The maximum absolute atomic E-state index is 11.2. The fourth-order valence-electron chi connectivity index (χ4n) is 1.76. The minimum atomic E-state index is -0.856. The summed E-state index contributed by atoms with van der Waals surface area (Å²) in [5.41, 5.74) is -0.0835. The lowest BCUT2D eigenvalue weighted by molar-refractivity contribution is -0.163. The highest BCUT2D eigenvalue weighted by molar-refractivity contribution is 5.83. The highest BCUT2D eigenvalue weighted by Gasteiger charge is 2.47. The molecule has 0 saturated carbocycles. The van der Waals surface area contributed by atoms with Crippen molar-refractivity contribution >= 4 is 5.97 Å². The Morgan fingerprint density at radius 2 is 2.06 bits per heavy atom. The molecule has 1 N–H and O–H groups in total. The van der Waals surface area contributed by atoms with E-state index < -0.39 is 11.4 Å². The smallest absolute Gasteiger partial charge is 0.318 e. The Balaban J connectivity index is 2.23. The summed E-state index contributed by atoms with van der Waals surface area (Å²) in [5.74, 6) is -0.0741. The third-order valence-corrected chi connectivity index (χ3v) is 2.82. The fourth-order valence-corrected chi connectivity index (χ4v) is 1.76. The molecule has 2 rings (SSSR count). The van der Waals surface area contributed by atoms with Gasteiger partial charge >= 0.3 is 5.97 Å². The molecule has 0 spiro atoms. The largest absolute Gasteiger partial charge is 0.494 e. The van der Waals surface area contributed by atoms with Crippen LogP contribution in [0.25, 0.3) is 0 Å². The standard InChI is InChI=1S/C12H14O4/c1-2-16-10-5-3-9(4-6-10)12(11(13)14)7-15-8-12/h3-6H,2,7-8H2,1H3,(H,13,14). The van der Waals surface area contributed by atoms with Crippen LogP contribution in [0.1, 0.15) is 12.5 Å². The first kappa shape index (κ1) is 11.0. The van der Waals surface area contributed by atoms with Crippen LogP contribution in [0.15, 0.2) is 24.3 Å². The maximum atomic E-state index is 11.2. The van der Waals surface area contributed by atoms with Gasteiger partial charge in [0.2, 0.25) is 0 Å². The first-order valence-corrected chi connectivity index (χ1v) is 5.23. The number of carboxylic acid groups (broad SMARTS) is 1. The topological polar surface area (TPSA) is 55.8 Å². The molecule has 4 nitrogen and oxygen atoms in total. The van der Waals surface area contributed by atoms with Crippen LogP contribution in [0.5, 0.6) is 5.75 Å². The minimum absolute atomic E-state index is 0.246. The first-order chi connectivity index (χ1) is 7.69. The van der Waals surface area contributed by atoms with Crippen molar-refractivity contribution in [3.05, 3.63) is 29.8 Å². The van der Waals surface area contributed by atoms with Gasteiger partial charge in [-0.15, -0.1) is 0 Å². The van der Waals surface area contributed by atoms with E-state index in [0.29, 0.717) is 6.61 Å². The van der Waals surface area contributed by atoms with Crippen LogP contribution < -0.4 is 4.74 Å². The molecular weight excluding hydrogens is 208 g/mol. The molecule has 0 atom stereocenters. The lowest BCUT2D eigenvalue weighted by Crippen LogP contribution is -2.53. The molecule has 0 aliphatic carbocycles. The third kappa shape index (κ3) is 1.65. The van der Waals surface area contributed by atoms with Gasteiger partial charge in [0, 0.05) is 0 Å². The van der Waals surface area contributed by atoms with Crippen molar-refractivity contribution in [2.45, 2.75) is 12.3 Å². The number of carbonyl (C=O) groups is 1. The first-order valence-electron chi connectivity index (χ1n) is 5.23. The molecule has 1 aromatic carbocycles. The molecule has 1 fully saturated rings. The Morgan fingerprint density at radius 3 is 2.44 bits per heavy atom. The average Bonchev–Trinajstić information content (AvgIpc) is 2.18. The van der Waals surface area contributed by atoms with Gasteiger partial charge in [-0.25, -0.2) is 0 Å². The van der Waals surface area contributed by atoms with Gasteiger partial charge in [-0.05, 0) is 24.6 Å². The molecule has 0 unspecified atom stereocenters. The molecular formula is C12H14O4. The van der Waals surface area contributed by atoms with E-state index in [2.05, 4.69) is 0 Å². The van der Waals surface area contributed by atoms with E-state index in [1.54, 1.807) is 24.3 Å². The van der Waals surface area contributed by atoms with Gasteiger partial charge in [0.25, 0.3) is 0 Å². The van der Waals surface area contributed by atoms with Crippen LogP contribution in [0.2, 0.25) is 0 Å². The molecule has 0 amide bonds. The zero-order chi connectivity index (χ0) is 11.6. The van der Waals surface area contributed by atoms with Crippen molar-refractivity contribution in [3.8, 4) is 5.75 Å². The molecule has 1 aliphatic rings. The molecule has 1 aliphatic heterocycles. The number of hydrogen-bond donors (Lipinski definition) is 1. The Hall–Kier alpha value is -1.55. The molecule has 0 radical (unpaired) electrons. The van der Waals surface area contributed by atoms with E-state index in [-0.39, 0.29) is 13.2 Å². The Morgan fingerprint density at radius 1 is 1.44 bits per heavy atom. The van der Waals surface area contributed by atoms with Gasteiger partial charge in [0.1, 0.15) is 11.2 Å². The summed E-state index contributed by atoms with van der Waals surface area (Å²) in [6.07, 6.45) is 0. The molecule has 1 aromatic rings. The zero-order valence-electron chi connectivity index (χ0n) is 9.10. The lowest BCUT2D eigenvalue weighted by Gasteiger charge is -2.37. The summed E-state index contributed by atoms with van der Waals surface area (Å²) in [7, 11) is 0. The molecule has 4 heteroatoms. The van der Waals surface area contributed by atoms with E-state index in [9.17, 15) is 9.90 Å². The fraction of sp³-hybridized carbons (Fsp3) is 0.417. The summed E-state index contributed by atoms with van der Waals surface area (Å²) in [6, 6.07) is 7.17. The van der Waals surface area contributed by atoms with Crippen molar-refractivity contribution in [3.63, 3.8) is 0 Å². The van der Waals surface area contributed by atoms with Gasteiger partial charge in [-0.2, -0.15) is 0 Å². The molecule has 86 valence electrons. The van der Waals surface area contributed by atoms with Crippen LogP contribution in [-0.4, -0.2) is 30.9 Å². The molecule has 1 saturated heterocycles. The van der Waals surface area contributed by atoms with Crippen LogP contribution in [0, 0.1) is 0 Å². The van der Waals surface area contributed by atoms with Crippen molar-refractivity contribution in [1.82, 2.24) is 0 Å². The van der Waals surface area contributed by atoms with E-state index >= 15 is 0 Å². The maximum Gasteiger partial charge on any atom is 0.318 e. The normalized spacial score (nSPS) is 17.6. The van der Waals surface area contributed by atoms with Gasteiger partial charge < -0.3 is 14.6 Å². The average molecular weight is 222 g/mol. The predicted molar refractivity (Wildman–Crippen MR) is 57.7 cm³/mol. The number of aliphatic carboxylic acids is 1. The predicted octanol–water partition coefficient (Wildman–Crippen LogP) is 1.44. The Bertz CT molecular complexity index is 379. The lowest BCUT2D eigenvalue weighted by atomic mass is 9.79. The monoisotopic (exact) mass is 222 g/mol. The van der Waals surface area contributed by atoms with Gasteiger partial charge in [-0.1, -0.05) is 12.1 Å². The van der Waals surface area contributed by atoms with E-state index in [4.69, 9.17) is 9.47 Å². The van der Waals surface area contributed by atoms with Crippen molar-refractivity contribution in [1.29, 1.82) is 0 Å². The quantitative estimate of drug-likeness (QED) is 0.837. The number of hydrogen-bond acceptors (Lipinski definition) is 3. The number of benzene rings is 1. The Kier molecular flexibility index (Phi) is 2.83. The second kappa shape index (κ2) is 4.14. The SMILES string of the molecule is CCOc1ccc(C2(C(=O)O)COC2)cc1. The number of rotatable bonds is 4. The molecule has 0 bridgehead atoms. The van der Waals surface area contributed by atoms with Crippen molar-refractivity contribution in [2.75, 3.05) is 19.8 Å². The second-order valence-electron chi connectivity index (χ2n) is 3.84. The van der Waals surface area contributed by atoms with E-state index in [0.717, 1.165) is 11.3 Å². The second-order valence-corrected chi connectivity index (χ2v) is 3.84. The number of carboxylic acids is 1. The highest BCUT2D eigenvalue weighted by atomic mass is 16.5. The van der Waals surface area contributed by atoms with Crippen LogP contribution in [0.3, 0.4) is 0 Å². The van der Waals surface area contributed by atoms with Crippen LogP contribution >= 0.6 is 0 Å². The minimum Gasteiger partial charge on any atom is -0.494 e. The van der Waals surface area contributed by atoms with Crippen LogP contribution in [-0.2, 0) is 14.9 Å². The molecule has 16 heavy (non-hydrogen) atoms. The van der Waals surface area contributed by atoms with Crippen molar-refractivity contribution in [2.24, 2.45) is 0 Å². The van der Waals surface area contributed by atoms with Gasteiger partial charge in [0.15, 0.2) is 0 Å². The summed E-state index contributed by atoms with van der Waals surface area (Å²) in [6.45, 7) is 3.01. The van der Waals surface area contributed by atoms with Gasteiger partial charge in [0.05, 0.1) is 19.8 Å².